The Bertz CT molecular complexity index is 641. The average molecular weight is 289 g/mol. The topological polar surface area (TPSA) is 63.9 Å². The highest BCUT2D eigenvalue weighted by molar-refractivity contribution is 7.99. The number of carbonyl (C=O) groups excluding carboxylic acids is 1. The summed E-state index contributed by atoms with van der Waals surface area (Å²) in [4.78, 5) is 14.3. The fourth-order valence-corrected chi connectivity index (χ4v) is 3.19. The SMILES string of the molecule is C[C@H]1Cc2ccccc2N1C(=O)CSc1nnnn1C. The number of fused-ring (bicyclic) bond motifs is 1. The van der Waals surface area contributed by atoms with Crippen molar-refractivity contribution in [3.63, 3.8) is 0 Å². The summed E-state index contributed by atoms with van der Waals surface area (Å²) in [6.07, 6.45) is 0.915. The molecule has 0 saturated carbocycles. The summed E-state index contributed by atoms with van der Waals surface area (Å²) in [6.45, 7) is 2.08. The van der Waals surface area contributed by atoms with E-state index in [1.807, 2.05) is 23.1 Å². The first kappa shape index (κ1) is 13.1. The first-order valence-electron chi connectivity index (χ1n) is 6.42. The molecule has 2 aromatic rings. The van der Waals surface area contributed by atoms with Crippen LogP contribution in [0.4, 0.5) is 5.69 Å². The molecule has 0 spiro atoms. The molecule has 2 heterocycles. The molecule has 0 fully saturated rings. The summed E-state index contributed by atoms with van der Waals surface area (Å²) in [7, 11) is 1.76. The Labute approximate surface area is 121 Å². The lowest BCUT2D eigenvalue weighted by Gasteiger charge is -2.22. The quantitative estimate of drug-likeness (QED) is 0.796. The second-order valence-corrected chi connectivity index (χ2v) is 5.76. The van der Waals surface area contributed by atoms with Crippen LogP contribution in [0.2, 0.25) is 0 Å². The molecule has 0 N–H and O–H groups in total. The number of thioether (sulfide) groups is 1. The van der Waals surface area contributed by atoms with E-state index in [0.29, 0.717) is 10.9 Å². The minimum Gasteiger partial charge on any atom is -0.308 e. The molecule has 0 unspecified atom stereocenters. The second kappa shape index (κ2) is 5.24. The van der Waals surface area contributed by atoms with E-state index in [2.05, 4.69) is 28.5 Å². The van der Waals surface area contributed by atoms with Crippen molar-refractivity contribution in [1.82, 2.24) is 20.2 Å². The number of hydrogen-bond acceptors (Lipinski definition) is 5. The molecule has 1 amide bonds. The number of aromatic nitrogens is 4. The maximum Gasteiger partial charge on any atom is 0.237 e. The van der Waals surface area contributed by atoms with Gasteiger partial charge in [0.05, 0.1) is 5.75 Å². The number of nitrogens with zero attached hydrogens (tertiary/aromatic N) is 5. The van der Waals surface area contributed by atoms with Gasteiger partial charge in [-0.1, -0.05) is 30.0 Å². The first-order valence-corrected chi connectivity index (χ1v) is 7.40. The molecular weight excluding hydrogens is 274 g/mol. The fraction of sp³-hybridized carbons (Fsp3) is 0.385. The largest absolute Gasteiger partial charge is 0.308 e. The number of aryl methyl sites for hydroxylation is 1. The highest BCUT2D eigenvalue weighted by atomic mass is 32.2. The van der Waals surface area contributed by atoms with Crippen molar-refractivity contribution in [1.29, 1.82) is 0 Å². The molecule has 104 valence electrons. The van der Waals surface area contributed by atoms with Gasteiger partial charge in [-0.2, -0.15) is 0 Å². The van der Waals surface area contributed by atoms with Gasteiger partial charge in [0, 0.05) is 18.8 Å². The van der Waals surface area contributed by atoms with Gasteiger partial charge in [0.15, 0.2) is 0 Å². The highest BCUT2D eigenvalue weighted by Crippen LogP contribution is 2.32. The maximum atomic E-state index is 12.5. The van der Waals surface area contributed by atoms with E-state index >= 15 is 0 Å². The molecule has 7 heteroatoms. The standard InChI is InChI=1S/C13H15N5OS/c1-9-7-10-5-3-4-6-11(10)18(9)12(19)8-20-13-14-15-16-17(13)2/h3-6,9H,7-8H2,1-2H3/t9-/m0/s1. The molecule has 0 bridgehead atoms. The van der Waals surface area contributed by atoms with Crippen LogP contribution in [0, 0.1) is 0 Å². The number of tetrazole rings is 1. The number of benzene rings is 1. The highest BCUT2D eigenvalue weighted by Gasteiger charge is 2.30. The molecule has 0 saturated heterocycles. The van der Waals surface area contributed by atoms with Crippen LogP contribution in [0.15, 0.2) is 29.4 Å². The Morgan fingerprint density at radius 1 is 1.45 bits per heavy atom. The number of anilines is 1. The lowest BCUT2D eigenvalue weighted by molar-refractivity contribution is -0.116. The summed E-state index contributed by atoms with van der Waals surface area (Å²) < 4.78 is 1.57. The second-order valence-electron chi connectivity index (χ2n) is 4.82. The predicted molar refractivity (Wildman–Crippen MR) is 76.6 cm³/mol. The monoisotopic (exact) mass is 289 g/mol. The van der Waals surface area contributed by atoms with Crippen molar-refractivity contribution in [2.75, 3.05) is 10.7 Å². The van der Waals surface area contributed by atoms with Crippen molar-refractivity contribution in [3.05, 3.63) is 29.8 Å². The van der Waals surface area contributed by atoms with E-state index in [1.165, 1.54) is 17.3 Å². The molecule has 6 nitrogen and oxygen atoms in total. The Morgan fingerprint density at radius 3 is 3.00 bits per heavy atom. The average Bonchev–Trinajstić information content (AvgIpc) is 2.98. The van der Waals surface area contributed by atoms with Gasteiger partial charge in [0.1, 0.15) is 0 Å². The van der Waals surface area contributed by atoms with Crippen molar-refractivity contribution < 1.29 is 4.79 Å². The van der Waals surface area contributed by atoms with Crippen molar-refractivity contribution in [3.8, 4) is 0 Å². The molecule has 1 aromatic heterocycles. The van der Waals surface area contributed by atoms with Gasteiger partial charge < -0.3 is 4.90 Å². The number of carbonyl (C=O) groups is 1. The van der Waals surface area contributed by atoms with Crippen LogP contribution >= 0.6 is 11.8 Å². The summed E-state index contributed by atoms with van der Waals surface area (Å²) in [5.74, 6) is 0.433. The fourth-order valence-electron chi connectivity index (χ4n) is 2.48. The Balaban J connectivity index is 1.73. The van der Waals surface area contributed by atoms with E-state index in [9.17, 15) is 4.79 Å². The summed E-state index contributed by atoms with van der Waals surface area (Å²) >= 11 is 1.36. The first-order chi connectivity index (χ1) is 9.66. The predicted octanol–water partition coefficient (Wildman–Crippen LogP) is 1.28. The normalized spacial score (nSPS) is 17.3. The zero-order valence-electron chi connectivity index (χ0n) is 11.4. The van der Waals surface area contributed by atoms with Gasteiger partial charge in [-0.3, -0.25) is 4.79 Å². The third-order valence-corrected chi connectivity index (χ3v) is 4.38. The Hall–Kier alpha value is -1.89. The van der Waals surface area contributed by atoms with Gasteiger partial charge in [-0.25, -0.2) is 4.68 Å². The zero-order valence-corrected chi connectivity index (χ0v) is 12.2. The van der Waals surface area contributed by atoms with Crippen LogP contribution in [0.5, 0.6) is 0 Å². The Kier molecular flexibility index (Phi) is 3.43. The summed E-state index contributed by atoms with van der Waals surface area (Å²) in [5.41, 5.74) is 2.26. The molecule has 3 rings (SSSR count). The molecule has 20 heavy (non-hydrogen) atoms. The van der Waals surface area contributed by atoms with Crippen LogP contribution in [0.25, 0.3) is 0 Å². The third-order valence-electron chi connectivity index (χ3n) is 3.38. The van der Waals surface area contributed by atoms with Crippen molar-refractivity contribution >= 4 is 23.4 Å². The third kappa shape index (κ3) is 2.29. The van der Waals surface area contributed by atoms with Crippen LogP contribution in [0.1, 0.15) is 12.5 Å². The molecule has 0 radical (unpaired) electrons. The van der Waals surface area contributed by atoms with Gasteiger partial charge in [-0.05, 0) is 35.4 Å². The van der Waals surface area contributed by atoms with Crippen molar-refractivity contribution in [2.45, 2.75) is 24.5 Å². The smallest absolute Gasteiger partial charge is 0.237 e. The van der Waals surface area contributed by atoms with Crippen LogP contribution < -0.4 is 4.90 Å². The molecule has 1 aromatic carbocycles. The van der Waals surface area contributed by atoms with Crippen LogP contribution in [-0.2, 0) is 18.3 Å². The zero-order chi connectivity index (χ0) is 14.1. The van der Waals surface area contributed by atoms with E-state index < -0.39 is 0 Å². The van der Waals surface area contributed by atoms with E-state index in [1.54, 1.807) is 11.7 Å². The maximum absolute atomic E-state index is 12.5. The van der Waals surface area contributed by atoms with Gasteiger partial charge in [0.2, 0.25) is 11.1 Å². The molecular formula is C13H15N5OS. The number of para-hydroxylation sites is 1. The minimum atomic E-state index is 0.0930. The molecule has 0 aliphatic carbocycles. The summed E-state index contributed by atoms with van der Waals surface area (Å²) in [6, 6.07) is 8.28. The minimum absolute atomic E-state index is 0.0930. The van der Waals surface area contributed by atoms with Crippen LogP contribution in [-0.4, -0.2) is 37.9 Å². The van der Waals surface area contributed by atoms with Gasteiger partial charge >= 0.3 is 0 Å². The molecule has 1 aliphatic rings. The Morgan fingerprint density at radius 2 is 2.25 bits per heavy atom. The van der Waals surface area contributed by atoms with Crippen molar-refractivity contribution in [2.24, 2.45) is 7.05 Å². The van der Waals surface area contributed by atoms with Gasteiger partial charge in [0.25, 0.3) is 0 Å². The summed E-state index contributed by atoms with van der Waals surface area (Å²) in [5, 5.41) is 11.8. The number of hydrogen-bond donors (Lipinski definition) is 0. The molecule has 1 aliphatic heterocycles. The van der Waals surface area contributed by atoms with E-state index in [4.69, 9.17) is 0 Å². The van der Waals surface area contributed by atoms with Crippen LogP contribution in [0.3, 0.4) is 0 Å². The van der Waals surface area contributed by atoms with E-state index in [0.717, 1.165) is 12.1 Å². The number of rotatable bonds is 3. The lowest BCUT2D eigenvalue weighted by atomic mass is 10.1. The molecule has 1 atom stereocenters. The lowest BCUT2D eigenvalue weighted by Crippen LogP contribution is -2.37. The number of amides is 1. The van der Waals surface area contributed by atoms with Gasteiger partial charge in [-0.15, -0.1) is 5.10 Å². The van der Waals surface area contributed by atoms with E-state index in [-0.39, 0.29) is 11.9 Å².